The molecule has 1 saturated heterocycles. The summed E-state index contributed by atoms with van der Waals surface area (Å²) in [6.45, 7) is 5.32. The molecule has 0 N–H and O–H groups in total. The first kappa shape index (κ1) is 15.7. The molecule has 3 rings (SSSR count). The van der Waals surface area contributed by atoms with Crippen LogP contribution in [-0.4, -0.2) is 43.9 Å². The number of piperazine rings is 1. The Morgan fingerprint density at radius 1 is 1.04 bits per heavy atom. The Labute approximate surface area is 136 Å². The maximum Gasteiger partial charge on any atom is 0.193 e. The number of likely N-dealkylation sites (N-methyl/N-ethyl adjacent to an activating group) is 1. The van der Waals surface area contributed by atoms with E-state index in [0.29, 0.717) is 16.8 Å². The van der Waals surface area contributed by atoms with Gasteiger partial charge >= 0.3 is 0 Å². The average molecular weight is 312 g/mol. The Morgan fingerprint density at radius 2 is 1.70 bits per heavy atom. The summed E-state index contributed by atoms with van der Waals surface area (Å²) < 4.78 is 14.6. The van der Waals surface area contributed by atoms with E-state index in [0.717, 1.165) is 31.7 Å². The van der Waals surface area contributed by atoms with Gasteiger partial charge in [0.05, 0.1) is 5.69 Å². The van der Waals surface area contributed by atoms with Crippen molar-refractivity contribution in [3.8, 4) is 0 Å². The maximum atomic E-state index is 14.6. The highest BCUT2D eigenvalue weighted by Crippen LogP contribution is 2.26. The van der Waals surface area contributed by atoms with Gasteiger partial charge in [-0.2, -0.15) is 0 Å². The molecule has 0 unspecified atom stereocenters. The third-order valence-electron chi connectivity index (χ3n) is 4.42. The molecule has 2 aromatic carbocycles. The first-order chi connectivity index (χ1) is 11.1. The molecule has 0 spiro atoms. The summed E-state index contributed by atoms with van der Waals surface area (Å²) in [6, 6.07) is 12.2. The standard InChI is InChI=1S/C19H21FN2O/c1-14-12-18(22-10-8-21(2)9-11-22)17(20)13-16(14)19(23)15-6-4-3-5-7-15/h3-7,12-13H,8-11H2,1-2H3. The zero-order valence-corrected chi connectivity index (χ0v) is 13.6. The maximum absolute atomic E-state index is 14.6. The van der Waals surface area contributed by atoms with Crippen molar-refractivity contribution in [3.63, 3.8) is 0 Å². The van der Waals surface area contributed by atoms with E-state index in [1.165, 1.54) is 6.07 Å². The van der Waals surface area contributed by atoms with Crippen LogP contribution in [0.3, 0.4) is 0 Å². The summed E-state index contributed by atoms with van der Waals surface area (Å²) in [6.07, 6.45) is 0. The van der Waals surface area contributed by atoms with E-state index in [9.17, 15) is 9.18 Å². The zero-order valence-electron chi connectivity index (χ0n) is 13.6. The van der Waals surface area contributed by atoms with Crippen LogP contribution in [0, 0.1) is 12.7 Å². The molecular weight excluding hydrogens is 291 g/mol. The highest BCUT2D eigenvalue weighted by Gasteiger charge is 2.20. The van der Waals surface area contributed by atoms with E-state index < -0.39 is 0 Å². The fourth-order valence-electron chi connectivity index (χ4n) is 2.95. The van der Waals surface area contributed by atoms with Crippen molar-refractivity contribution in [2.45, 2.75) is 6.92 Å². The van der Waals surface area contributed by atoms with Crippen molar-refractivity contribution in [2.24, 2.45) is 0 Å². The topological polar surface area (TPSA) is 23.6 Å². The molecule has 0 saturated carbocycles. The number of rotatable bonds is 3. The van der Waals surface area contributed by atoms with E-state index in [4.69, 9.17) is 0 Å². The highest BCUT2D eigenvalue weighted by molar-refractivity contribution is 6.10. The van der Waals surface area contributed by atoms with Crippen LogP contribution in [0.25, 0.3) is 0 Å². The number of halogens is 1. The first-order valence-electron chi connectivity index (χ1n) is 7.89. The lowest BCUT2D eigenvalue weighted by Crippen LogP contribution is -2.44. The van der Waals surface area contributed by atoms with E-state index in [-0.39, 0.29) is 11.6 Å². The van der Waals surface area contributed by atoms with Crippen molar-refractivity contribution >= 4 is 11.5 Å². The van der Waals surface area contributed by atoms with Gasteiger partial charge in [0, 0.05) is 37.3 Å². The van der Waals surface area contributed by atoms with Crippen LogP contribution in [0.2, 0.25) is 0 Å². The summed E-state index contributed by atoms with van der Waals surface area (Å²) in [4.78, 5) is 16.8. The second kappa shape index (κ2) is 6.50. The number of ketones is 1. The number of aryl methyl sites for hydroxylation is 1. The van der Waals surface area contributed by atoms with Crippen molar-refractivity contribution < 1.29 is 9.18 Å². The molecule has 0 aliphatic carbocycles. The van der Waals surface area contributed by atoms with E-state index in [1.54, 1.807) is 18.2 Å². The van der Waals surface area contributed by atoms with Crippen molar-refractivity contribution in [1.82, 2.24) is 4.90 Å². The minimum Gasteiger partial charge on any atom is -0.367 e. The Hall–Kier alpha value is -2.20. The van der Waals surface area contributed by atoms with Gasteiger partial charge in [-0.3, -0.25) is 4.79 Å². The predicted octanol–water partition coefficient (Wildman–Crippen LogP) is 3.12. The first-order valence-corrected chi connectivity index (χ1v) is 7.89. The summed E-state index contributed by atoms with van der Waals surface area (Å²) in [5.41, 5.74) is 2.43. The minimum atomic E-state index is -0.320. The highest BCUT2D eigenvalue weighted by atomic mass is 19.1. The molecule has 3 nitrogen and oxygen atoms in total. The minimum absolute atomic E-state index is 0.132. The molecule has 2 aromatic rings. The van der Waals surface area contributed by atoms with Crippen LogP contribution >= 0.6 is 0 Å². The van der Waals surface area contributed by atoms with Crippen molar-refractivity contribution in [2.75, 3.05) is 38.1 Å². The largest absolute Gasteiger partial charge is 0.367 e. The third kappa shape index (κ3) is 3.27. The van der Waals surface area contributed by atoms with Gasteiger partial charge in [0.2, 0.25) is 0 Å². The van der Waals surface area contributed by atoms with Crippen molar-refractivity contribution in [3.05, 3.63) is 65.0 Å². The SMILES string of the molecule is Cc1cc(N2CCN(C)CC2)c(F)cc1C(=O)c1ccccc1. The molecule has 1 aliphatic heterocycles. The second-order valence-electron chi connectivity index (χ2n) is 6.10. The van der Waals surface area contributed by atoms with Gasteiger partial charge in [0.25, 0.3) is 0 Å². The van der Waals surface area contributed by atoms with Gasteiger partial charge in [-0.15, -0.1) is 0 Å². The van der Waals surface area contributed by atoms with E-state index >= 15 is 0 Å². The number of hydrogen-bond acceptors (Lipinski definition) is 3. The van der Waals surface area contributed by atoms with Gasteiger partial charge in [0.15, 0.2) is 5.78 Å². The van der Waals surface area contributed by atoms with Crippen LogP contribution < -0.4 is 4.90 Å². The molecule has 23 heavy (non-hydrogen) atoms. The number of carbonyl (C=O) groups is 1. The van der Waals surface area contributed by atoms with Crippen LogP contribution in [0.4, 0.5) is 10.1 Å². The van der Waals surface area contributed by atoms with Gasteiger partial charge in [-0.05, 0) is 31.7 Å². The number of benzene rings is 2. The molecule has 0 radical (unpaired) electrons. The lowest BCUT2D eigenvalue weighted by Gasteiger charge is -2.34. The van der Waals surface area contributed by atoms with Crippen LogP contribution in [0.15, 0.2) is 42.5 Å². The van der Waals surface area contributed by atoms with Gasteiger partial charge in [-0.25, -0.2) is 4.39 Å². The van der Waals surface area contributed by atoms with Crippen LogP contribution in [0.5, 0.6) is 0 Å². The molecule has 1 fully saturated rings. The average Bonchev–Trinajstić information content (AvgIpc) is 2.57. The molecule has 0 amide bonds. The molecule has 0 aromatic heterocycles. The number of carbonyl (C=O) groups excluding carboxylic acids is 1. The molecule has 1 heterocycles. The number of hydrogen-bond donors (Lipinski definition) is 0. The predicted molar refractivity (Wildman–Crippen MR) is 90.7 cm³/mol. The van der Waals surface area contributed by atoms with Gasteiger partial charge < -0.3 is 9.80 Å². The van der Waals surface area contributed by atoms with E-state index in [1.807, 2.05) is 25.1 Å². The fraction of sp³-hybridized carbons (Fsp3) is 0.316. The van der Waals surface area contributed by atoms with Crippen molar-refractivity contribution in [1.29, 1.82) is 0 Å². The Kier molecular flexibility index (Phi) is 4.44. The van der Waals surface area contributed by atoms with Crippen LogP contribution in [-0.2, 0) is 0 Å². The Bertz CT molecular complexity index is 707. The zero-order chi connectivity index (χ0) is 16.4. The number of nitrogens with zero attached hydrogens (tertiary/aromatic N) is 2. The summed E-state index contributed by atoms with van der Waals surface area (Å²) in [7, 11) is 2.07. The second-order valence-corrected chi connectivity index (χ2v) is 6.10. The molecular formula is C19H21FN2O. The molecule has 1 aliphatic rings. The van der Waals surface area contributed by atoms with Gasteiger partial charge in [0.1, 0.15) is 5.82 Å². The van der Waals surface area contributed by atoms with Crippen LogP contribution in [0.1, 0.15) is 21.5 Å². The normalized spacial score (nSPS) is 15.7. The lowest BCUT2D eigenvalue weighted by molar-refractivity contribution is 0.103. The van der Waals surface area contributed by atoms with Gasteiger partial charge in [-0.1, -0.05) is 30.3 Å². The summed E-state index contributed by atoms with van der Waals surface area (Å²) >= 11 is 0. The molecule has 0 atom stereocenters. The smallest absolute Gasteiger partial charge is 0.193 e. The third-order valence-corrected chi connectivity index (χ3v) is 4.42. The summed E-state index contributed by atoms with van der Waals surface area (Å²) in [5, 5.41) is 0. The quantitative estimate of drug-likeness (QED) is 0.814. The number of anilines is 1. The molecule has 0 bridgehead atoms. The summed E-state index contributed by atoms with van der Waals surface area (Å²) in [5.74, 6) is -0.452. The fourth-order valence-corrected chi connectivity index (χ4v) is 2.95. The monoisotopic (exact) mass is 312 g/mol. The Morgan fingerprint density at radius 3 is 2.35 bits per heavy atom. The molecule has 120 valence electrons. The Balaban J connectivity index is 1.90. The molecule has 4 heteroatoms. The van der Waals surface area contributed by atoms with E-state index in [2.05, 4.69) is 16.8 Å². The lowest BCUT2D eigenvalue weighted by atomic mass is 9.98.